The molecule has 142 valence electrons. The highest BCUT2D eigenvalue weighted by Gasteiger charge is 2.27. The first kappa shape index (κ1) is 21.3. The summed E-state index contributed by atoms with van der Waals surface area (Å²) in [7, 11) is -8.01. The highest BCUT2D eigenvalue weighted by atomic mass is 32.2. The minimum atomic E-state index is -4.29. The minimum Gasteiger partial charge on any atom is -0.480 e. The van der Waals surface area contributed by atoms with Crippen LogP contribution in [0, 0.1) is 11.7 Å². The summed E-state index contributed by atoms with van der Waals surface area (Å²) in [5, 5.41) is 9.11. The molecule has 0 heterocycles. The molecule has 0 spiro atoms. The van der Waals surface area contributed by atoms with Crippen molar-refractivity contribution < 1.29 is 31.1 Å². The fourth-order valence-electron chi connectivity index (χ4n) is 1.91. The Morgan fingerprint density at radius 2 is 1.84 bits per heavy atom. The molecule has 0 radical (unpaired) electrons. The third kappa shape index (κ3) is 6.25. The zero-order chi connectivity index (χ0) is 19.4. The molecule has 0 aliphatic carbocycles. The van der Waals surface area contributed by atoms with Crippen molar-refractivity contribution in [2.75, 3.05) is 10.5 Å². The molecule has 11 heteroatoms. The molecule has 0 bridgehead atoms. The molecule has 25 heavy (non-hydrogen) atoms. The van der Waals surface area contributed by atoms with E-state index in [2.05, 4.69) is 0 Å². The number of sulfonamides is 2. The lowest BCUT2D eigenvalue weighted by atomic mass is 10.1. The van der Waals surface area contributed by atoms with Gasteiger partial charge in [-0.3, -0.25) is 9.52 Å². The highest BCUT2D eigenvalue weighted by Crippen LogP contribution is 2.21. The van der Waals surface area contributed by atoms with Crippen molar-refractivity contribution in [3.8, 4) is 0 Å². The van der Waals surface area contributed by atoms with Gasteiger partial charge in [0.25, 0.3) is 0 Å². The summed E-state index contributed by atoms with van der Waals surface area (Å²) in [5.74, 6) is -2.78. The van der Waals surface area contributed by atoms with Gasteiger partial charge in [-0.15, -0.1) is 0 Å². The van der Waals surface area contributed by atoms with E-state index in [-0.39, 0.29) is 18.1 Å². The van der Waals surface area contributed by atoms with Gasteiger partial charge in [0.1, 0.15) is 11.9 Å². The molecule has 0 aliphatic rings. The second-order valence-electron chi connectivity index (χ2n) is 5.79. The smallest absolute Gasteiger partial charge is 0.321 e. The lowest BCUT2D eigenvalue weighted by molar-refractivity contribution is -0.139. The first-order valence-corrected chi connectivity index (χ1v) is 10.6. The minimum absolute atomic E-state index is 0.0609. The maximum Gasteiger partial charge on any atom is 0.321 e. The highest BCUT2D eigenvalue weighted by molar-refractivity contribution is 7.92. The van der Waals surface area contributed by atoms with Gasteiger partial charge in [0.15, 0.2) is 0 Å². The van der Waals surface area contributed by atoms with Crippen LogP contribution in [0.15, 0.2) is 23.1 Å². The van der Waals surface area contributed by atoms with Crippen LogP contribution >= 0.6 is 0 Å². The van der Waals surface area contributed by atoms with Crippen LogP contribution in [-0.2, 0) is 24.8 Å². The van der Waals surface area contributed by atoms with E-state index in [1.165, 1.54) is 6.92 Å². The Morgan fingerprint density at radius 3 is 2.28 bits per heavy atom. The standard InChI is InChI=1S/C14H21FN2O6S2/c1-4-24(20,21)16-12-6-5-10(8-11(12)15)25(22,23)17-13(14(18)19)7-9(2)3/h5-6,8-9,13,16-17H,4,7H2,1-3H3,(H,18,19). The van der Waals surface area contributed by atoms with Gasteiger partial charge in [0, 0.05) is 0 Å². The number of aliphatic carboxylic acids is 1. The van der Waals surface area contributed by atoms with Gasteiger partial charge >= 0.3 is 5.97 Å². The average molecular weight is 396 g/mol. The number of hydrogen-bond donors (Lipinski definition) is 3. The molecule has 3 N–H and O–H groups in total. The molecule has 1 atom stereocenters. The summed E-state index contributed by atoms with van der Waals surface area (Å²) in [6.45, 7) is 4.83. The molecule has 0 aromatic heterocycles. The van der Waals surface area contributed by atoms with E-state index in [1.807, 2.05) is 9.44 Å². The molecular formula is C14H21FN2O6S2. The second-order valence-corrected chi connectivity index (χ2v) is 9.51. The second kappa shape index (κ2) is 8.11. The SMILES string of the molecule is CCS(=O)(=O)Nc1ccc(S(=O)(=O)NC(CC(C)C)C(=O)O)cc1F. The first-order valence-electron chi connectivity index (χ1n) is 7.43. The number of benzene rings is 1. The summed E-state index contributed by atoms with van der Waals surface area (Å²) < 4.78 is 65.4. The van der Waals surface area contributed by atoms with Gasteiger partial charge in [-0.05, 0) is 37.5 Å². The van der Waals surface area contributed by atoms with Crippen molar-refractivity contribution in [2.45, 2.75) is 38.1 Å². The van der Waals surface area contributed by atoms with Gasteiger partial charge in [0.2, 0.25) is 20.0 Å². The molecular weight excluding hydrogens is 375 g/mol. The van der Waals surface area contributed by atoms with Crippen molar-refractivity contribution in [1.82, 2.24) is 4.72 Å². The molecule has 0 saturated heterocycles. The Hall–Kier alpha value is -1.72. The number of hydrogen-bond acceptors (Lipinski definition) is 5. The number of halogens is 1. The van der Waals surface area contributed by atoms with Gasteiger partial charge in [-0.1, -0.05) is 13.8 Å². The van der Waals surface area contributed by atoms with Crippen LogP contribution in [0.25, 0.3) is 0 Å². The number of carbonyl (C=O) groups is 1. The van der Waals surface area contributed by atoms with Crippen molar-refractivity contribution in [3.05, 3.63) is 24.0 Å². The molecule has 0 aliphatic heterocycles. The molecule has 1 unspecified atom stereocenters. The number of rotatable bonds is 9. The van der Waals surface area contributed by atoms with Crippen molar-refractivity contribution >= 4 is 31.7 Å². The number of carboxylic acid groups (broad SMARTS) is 1. The van der Waals surface area contributed by atoms with Gasteiger partial charge in [-0.2, -0.15) is 4.72 Å². The van der Waals surface area contributed by atoms with Crippen molar-refractivity contribution in [1.29, 1.82) is 0 Å². The van der Waals surface area contributed by atoms with Crippen LogP contribution < -0.4 is 9.44 Å². The summed E-state index contributed by atoms with van der Waals surface area (Å²) >= 11 is 0. The monoisotopic (exact) mass is 396 g/mol. The predicted molar refractivity (Wildman–Crippen MR) is 90.7 cm³/mol. The summed E-state index contributed by atoms with van der Waals surface area (Å²) in [4.78, 5) is 10.7. The lowest BCUT2D eigenvalue weighted by Gasteiger charge is -2.17. The van der Waals surface area contributed by atoms with E-state index in [1.54, 1.807) is 13.8 Å². The fourth-order valence-corrected chi connectivity index (χ4v) is 3.77. The van der Waals surface area contributed by atoms with Crippen LogP contribution in [0.1, 0.15) is 27.2 Å². The maximum atomic E-state index is 14.0. The fraction of sp³-hybridized carbons (Fsp3) is 0.500. The van der Waals surface area contributed by atoms with E-state index in [0.29, 0.717) is 6.07 Å². The van der Waals surface area contributed by atoms with Crippen LogP contribution in [0.5, 0.6) is 0 Å². The Kier molecular flexibility index (Phi) is 6.91. The summed E-state index contributed by atoms with van der Waals surface area (Å²) in [6.07, 6.45) is 0.0609. The lowest BCUT2D eigenvalue weighted by Crippen LogP contribution is -2.41. The molecule has 0 fully saturated rings. The number of anilines is 1. The van der Waals surface area contributed by atoms with Crippen molar-refractivity contribution in [2.24, 2.45) is 5.92 Å². The third-order valence-electron chi connectivity index (χ3n) is 3.20. The Morgan fingerprint density at radius 1 is 1.24 bits per heavy atom. The number of carboxylic acids is 1. The van der Waals surface area contributed by atoms with Gasteiger partial charge in [0.05, 0.1) is 16.3 Å². The van der Waals surface area contributed by atoms with Crippen LogP contribution in [-0.4, -0.2) is 39.7 Å². The maximum absolute atomic E-state index is 14.0. The van der Waals surface area contributed by atoms with Crippen LogP contribution in [0.3, 0.4) is 0 Å². The summed E-state index contributed by atoms with van der Waals surface area (Å²) in [6, 6.07) is 1.23. The Bertz CT molecular complexity index is 837. The number of nitrogens with one attached hydrogen (secondary N) is 2. The average Bonchev–Trinajstić information content (AvgIpc) is 2.47. The van der Waals surface area contributed by atoms with Crippen LogP contribution in [0.4, 0.5) is 10.1 Å². The molecule has 8 nitrogen and oxygen atoms in total. The normalized spacial score (nSPS) is 13.6. The Labute approximate surface area is 146 Å². The Balaban J connectivity index is 3.10. The zero-order valence-electron chi connectivity index (χ0n) is 14.0. The zero-order valence-corrected chi connectivity index (χ0v) is 15.6. The molecule has 0 amide bonds. The van der Waals surface area contributed by atoms with E-state index in [9.17, 15) is 26.0 Å². The summed E-state index contributed by atoms with van der Waals surface area (Å²) in [5.41, 5.74) is -0.391. The molecule has 0 saturated carbocycles. The quantitative estimate of drug-likeness (QED) is 0.578. The largest absolute Gasteiger partial charge is 0.480 e. The first-order chi connectivity index (χ1) is 11.4. The van der Waals surface area contributed by atoms with E-state index in [0.717, 1.165) is 12.1 Å². The predicted octanol–water partition coefficient (Wildman–Crippen LogP) is 1.36. The van der Waals surface area contributed by atoms with Crippen molar-refractivity contribution in [3.63, 3.8) is 0 Å². The molecule has 1 aromatic rings. The van der Waals surface area contributed by atoms with Gasteiger partial charge < -0.3 is 5.11 Å². The molecule has 1 rings (SSSR count). The van der Waals surface area contributed by atoms with Gasteiger partial charge in [-0.25, -0.2) is 21.2 Å². The van der Waals surface area contributed by atoms with E-state index in [4.69, 9.17) is 5.11 Å². The topological polar surface area (TPSA) is 130 Å². The molecule has 1 aromatic carbocycles. The van der Waals surface area contributed by atoms with E-state index >= 15 is 0 Å². The van der Waals surface area contributed by atoms with E-state index < -0.39 is 48.5 Å². The third-order valence-corrected chi connectivity index (χ3v) is 5.96. The van der Waals surface area contributed by atoms with Crippen LogP contribution in [0.2, 0.25) is 0 Å².